The molecule has 31 heavy (non-hydrogen) atoms. The summed E-state index contributed by atoms with van der Waals surface area (Å²) in [7, 11) is 0. The first-order valence-corrected chi connectivity index (χ1v) is 11.1. The maximum absolute atomic E-state index is 12.7. The van der Waals surface area contributed by atoms with E-state index < -0.39 is 16.8 Å². The Morgan fingerprint density at radius 2 is 1.74 bits per heavy atom. The third kappa shape index (κ3) is 4.61. The van der Waals surface area contributed by atoms with Crippen molar-refractivity contribution in [2.75, 3.05) is 0 Å². The predicted octanol–water partition coefficient (Wildman–Crippen LogP) is 4.92. The maximum Gasteiger partial charge on any atom is 0.325 e. The van der Waals surface area contributed by atoms with Gasteiger partial charge in [-0.25, -0.2) is 4.98 Å². The largest absolute Gasteiger partial charge is 0.480 e. The SMILES string of the molecule is Cc1cnc(SC(C)(C)C(=O)NC(C)C(=O)O)n1-c1ccc(C(C)C)c2ccccc12. The summed E-state index contributed by atoms with van der Waals surface area (Å²) in [4.78, 5) is 28.4. The van der Waals surface area contributed by atoms with Crippen LogP contribution in [-0.4, -0.2) is 37.3 Å². The minimum Gasteiger partial charge on any atom is -0.480 e. The lowest BCUT2D eigenvalue weighted by Crippen LogP contribution is -2.47. The third-order valence-corrected chi connectivity index (χ3v) is 6.48. The highest BCUT2D eigenvalue weighted by molar-refractivity contribution is 8.01. The predicted molar refractivity (Wildman–Crippen MR) is 125 cm³/mol. The molecule has 3 aromatic rings. The zero-order valence-electron chi connectivity index (χ0n) is 18.8. The van der Waals surface area contributed by atoms with E-state index in [4.69, 9.17) is 5.11 Å². The Labute approximate surface area is 187 Å². The fourth-order valence-corrected chi connectivity index (χ4v) is 4.54. The number of rotatable bonds is 7. The number of aryl methyl sites for hydroxylation is 1. The number of carboxylic acid groups (broad SMARTS) is 1. The van der Waals surface area contributed by atoms with Crippen LogP contribution in [0.15, 0.2) is 47.8 Å². The maximum atomic E-state index is 12.7. The molecule has 1 atom stereocenters. The number of amides is 1. The zero-order chi connectivity index (χ0) is 22.9. The van der Waals surface area contributed by atoms with Crippen molar-refractivity contribution in [1.82, 2.24) is 14.9 Å². The number of benzene rings is 2. The highest BCUT2D eigenvalue weighted by Crippen LogP contribution is 2.37. The molecule has 0 bridgehead atoms. The molecule has 6 nitrogen and oxygen atoms in total. The molecule has 2 aromatic carbocycles. The summed E-state index contributed by atoms with van der Waals surface area (Å²) in [6.45, 7) is 11.4. The van der Waals surface area contributed by atoms with Crippen LogP contribution in [0.4, 0.5) is 0 Å². The summed E-state index contributed by atoms with van der Waals surface area (Å²) in [5.74, 6) is -1.02. The van der Waals surface area contributed by atoms with Crippen molar-refractivity contribution >= 4 is 34.4 Å². The molecule has 164 valence electrons. The Kier molecular flexibility index (Phi) is 6.46. The van der Waals surface area contributed by atoms with Crippen molar-refractivity contribution in [1.29, 1.82) is 0 Å². The van der Waals surface area contributed by atoms with E-state index in [-0.39, 0.29) is 5.91 Å². The zero-order valence-corrected chi connectivity index (χ0v) is 19.6. The number of carbonyl (C=O) groups is 2. The number of nitrogens with zero attached hydrogens (tertiary/aromatic N) is 2. The van der Waals surface area contributed by atoms with Gasteiger partial charge in [0.05, 0.1) is 10.4 Å². The topological polar surface area (TPSA) is 84.2 Å². The summed E-state index contributed by atoms with van der Waals surface area (Å²) in [5.41, 5.74) is 3.25. The van der Waals surface area contributed by atoms with Crippen molar-refractivity contribution in [2.45, 2.75) is 63.4 Å². The number of fused-ring (bicyclic) bond motifs is 1. The van der Waals surface area contributed by atoms with Gasteiger partial charge in [-0.2, -0.15) is 0 Å². The Morgan fingerprint density at radius 1 is 1.10 bits per heavy atom. The number of carbonyl (C=O) groups excluding carboxylic acids is 1. The second-order valence-corrected chi connectivity index (χ2v) is 10.1. The van der Waals surface area contributed by atoms with Crippen molar-refractivity contribution in [3.63, 3.8) is 0 Å². The van der Waals surface area contributed by atoms with Gasteiger partial charge in [0.1, 0.15) is 6.04 Å². The van der Waals surface area contributed by atoms with Gasteiger partial charge in [-0.1, -0.05) is 55.9 Å². The lowest BCUT2D eigenvalue weighted by atomic mass is 9.95. The Morgan fingerprint density at radius 3 is 2.35 bits per heavy atom. The normalized spacial score (nSPS) is 12.9. The van der Waals surface area contributed by atoms with Gasteiger partial charge in [0.2, 0.25) is 5.91 Å². The van der Waals surface area contributed by atoms with Gasteiger partial charge in [0.25, 0.3) is 0 Å². The lowest BCUT2D eigenvalue weighted by Gasteiger charge is -2.25. The summed E-state index contributed by atoms with van der Waals surface area (Å²) in [5, 5.41) is 14.7. The fraction of sp³-hybridized carbons (Fsp3) is 0.375. The summed E-state index contributed by atoms with van der Waals surface area (Å²) in [6.07, 6.45) is 1.79. The van der Waals surface area contributed by atoms with Crippen LogP contribution in [0.2, 0.25) is 0 Å². The smallest absolute Gasteiger partial charge is 0.325 e. The number of hydrogen-bond acceptors (Lipinski definition) is 4. The standard InChI is InChI=1S/C24H29N3O3S/c1-14(2)17-11-12-20(19-10-8-7-9-18(17)19)27-15(3)13-25-23(27)31-24(5,6)22(30)26-16(4)21(28)29/h7-14,16H,1-6H3,(H,26,30)(H,28,29). The summed E-state index contributed by atoms with van der Waals surface area (Å²) < 4.78 is 1.15. The molecule has 0 fully saturated rings. The fourth-order valence-electron chi connectivity index (χ4n) is 3.49. The molecular weight excluding hydrogens is 410 g/mol. The molecule has 0 aliphatic carbocycles. The van der Waals surface area contributed by atoms with Gasteiger partial charge in [-0.05, 0) is 50.6 Å². The van der Waals surface area contributed by atoms with Crippen molar-refractivity contribution in [3.8, 4) is 5.69 Å². The summed E-state index contributed by atoms with van der Waals surface area (Å²) in [6, 6.07) is 11.6. The summed E-state index contributed by atoms with van der Waals surface area (Å²) >= 11 is 1.32. The van der Waals surface area contributed by atoms with E-state index >= 15 is 0 Å². The molecule has 0 radical (unpaired) electrons. The number of imidazole rings is 1. The van der Waals surface area contributed by atoms with Crippen LogP contribution in [-0.2, 0) is 9.59 Å². The van der Waals surface area contributed by atoms with Gasteiger partial charge < -0.3 is 10.4 Å². The van der Waals surface area contributed by atoms with Crippen LogP contribution in [0.1, 0.15) is 51.8 Å². The highest BCUT2D eigenvalue weighted by Gasteiger charge is 2.33. The van der Waals surface area contributed by atoms with E-state index in [2.05, 4.69) is 53.0 Å². The van der Waals surface area contributed by atoms with Crippen LogP contribution in [0.3, 0.4) is 0 Å². The molecule has 1 heterocycles. The molecule has 1 amide bonds. The number of hydrogen-bond donors (Lipinski definition) is 2. The number of carboxylic acids is 1. The average Bonchev–Trinajstić information content (AvgIpc) is 3.05. The van der Waals surface area contributed by atoms with Crippen LogP contribution in [0, 0.1) is 6.92 Å². The first kappa shape index (κ1) is 22.9. The molecule has 1 unspecified atom stereocenters. The first-order chi connectivity index (χ1) is 14.5. The van der Waals surface area contributed by atoms with Gasteiger partial charge in [-0.3, -0.25) is 14.2 Å². The third-order valence-electron chi connectivity index (χ3n) is 5.31. The van der Waals surface area contributed by atoms with E-state index in [1.807, 2.05) is 19.1 Å². The van der Waals surface area contributed by atoms with Gasteiger partial charge in [0, 0.05) is 17.3 Å². The second-order valence-electron chi connectivity index (χ2n) is 8.54. The van der Waals surface area contributed by atoms with Gasteiger partial charge in [-0.15, -0.1) is 0 Å². The number of aliphatic carboxylic acids is 1. The monoisotopic (exact) mass is 439 g/mol. The van der Waals surface area contributed by atoms with Gasteiger partial charge in [0.15, 0.2) is 5.16 Å². The van der Waals surface area contributed by atoms with Crippen LogP contribution in [0.25, 0.3) is 16.5 Å². The molecule has 2 N–H and O–H groups in total. The molecule has 0 saturated carbocycles. The van der Waals surface area contributed by atoms with Gasteiger partial charge >= 0.3 is 5.97 Å². The first-order valence-electron chi connectivity index (χ1n) is 10.3. The molecule has 0 spiro atoms. The van der Waals surface area contributed by atoms with Crippen molar-refractivity contribution in [2.24, 2.45) is 0 Å². The van der Waals surface area contributed by atoms with Crippen LogP contribution < -0.4 is 5.32 Å². The number of thioether (sulfide) groups is 1. The van der Waals surface area contributed by atoms with E-state index in [1.54, 1.807) is 20.0 Å². The quantitative estimate of drug-likeness (QED) is 0.511. The van der Waals surface area contributed by atoms with Crippen molar-refractivity contribution < 1.29 is 14.7 Å². The molecule has 0 aliphatic heterocycles. The number of nitrogens with one attached hydrogen (secondary N) is 1. The lowest BCUT2D eigenvalue weighted by molar-refractivity contribution is -0.141. The molecule has 1 aromatic heterocycles. The second kappa shape index (κ2) is 8.75. The Bertz CT molecular complexity index is 1130. The van der Waals surface area contributed by atoms with Crippen LogP contribution in [0.5, 0.6) is 0 Å². The minimum atomic E-state index is -1.07. The van der Waals surface area contributed by atoms with E-state index in [0.717, 1.165) is 16.8 Å². The molecule has 0 saturated heterocycles. The average molecular weight is 440 g/mol. The Balaban J connectivity index is 2.04. The van der Waals surface area contributed by atoms with Crippen LogP contribution >= 0.6 is 11.8 Å². The highest BCUT2D eigenvalue weighted by atomic mass is 32.2. The molecule has 7 heteroatoms. The van der Waals surface area contributed by atoms with E-state index in [9.17, 15) is 9.59 Å². The Hall–Kier alpha value is -2.80. The van der Waals surface area contributed by atoms with E-state index in [0.29, 0.717) is 11.1 Å². The molecule has 3 rings (SSSR count). The van der Waals surface area contributed by atoms with E-state index in [1.165, 1.54) is 29.6 Å². The molecular formula is C24H29N3O3S. The molecule has 0 aliphatic rings. The minimum absolute atomic E-state index is 0.348. The number of aromatic nitrogens is 2. The van der Waals surface area contributed by atoms with Crippen molar-refractivity contribution in [3.05, 3.63) is 53.9 Å².